The molecule has 0 spiro atoms. The Kier molecular flexibility index (Phi) is 4.51. The van der Waals surface area contributed by atoms with Gasteiger partial charge < -0.3 is 5.32 Å². The second-order valence-corrected chi connectivity index (χ2v) is 6.12. The Morgan fingerprint density at radius 3 is 3.00 bits per heavy atom. The summed E-state index contributed by atoms with van der Waals surface area (Å²) in [7, 11) is 0. The zero-order valence-electron chi connectivity index (χ0n) is 10.4. The van der Waals surface area contributed by atoms with E-state index in [2.05, 4.69) is 24.2 Å². The number of nitrogens with zero attached hydrogens (tertiary/aromatic N) is 1. The van der Waals surface area contributed by atoms with E-state index in [1.807, 2.05) is 0 Å². The average Bonchev–Trinajstić information content (AvgIpc) is 2.34. The molecule has 0 bridgehead atoms. The largest absolute Gasteiger partial charge is 0.334 e. The molecule has 18 heavy (non-hydrogen) atoms. The minimum absolute atomic E-state index is 0.302. The van der Waals surface area contributed by atoms with Crippen LogP contribution in [0.1, 0.15) is 20.3 Å². The lowest BCUT2D eigenvalue weighted by Gasteiger charge is -2.23. The van der Waals surface area contributed by atoms with Crippen LogP contribution in [0.25, 0.3) is 0 Å². The van der Waals surface area contributed by atoms with Crippen molar-refractivity contribution < 1.29 is 4.39 Å². The van der Waals surface area contributed by atoms with Gasteiger partial charge in [-0.25, -0.2) is 4.39 Å². The third-order valence-electron chi connectivity index (χ3n) is 2.88. The number of nitrogens with one attached hydrogen (secondary N) is 1. The van der Waals surface area contributed by atoms with Crippen LogP contribution < -0.4 is 5.32 Å². The number of benzene rings is 1. The van der Waals surface area contributed by atoms with Gasteiger partial charge in [0, 0.05) is 5.75 Å². The Morgan fingerprint density at radius 2 is 2.28 bits per heavy atom. The molecule has 1 unspecified atom stereocenters. The van der Waals surface area contributed by atoms with Crippen LogP contribution in [-0.2, 0) is 0 Å². The fourth-order valence-corrected chi connectivity index (χ4v) is 2.90. The van der Waals surface area contributed by atoms with Crippen LogP contribution in [0, 0.1) is 11.7 Å². The van der Waals surface area contributed by atoms with E-state index in [1.165, 1.54) is 12.1 Å². The summed E-state index contributed by atoms with van der Waals surface area (Å²) in [6.07, 6.45) is 1.09. The Labute approximate surface area is 116 Å². The topological polar surface area (TPSA) is 24.4 Å². The SMILES string of the molecule is CC(C)C1CCSC(Nc2cc(F)ccc2Cl)=N1. The predicted octanol–water partition coefficient (Wildman–Crippen LogP) is 4.41. The van der Waals surface area contributed by atoms with Crippen molar-refractivity contribution >= 4 is 34.2 Å². The molecule has 1 aliphatic heterocycles. The molecule has 0 radical (unpaired) electrons. The molecule has 1 atom stereocenters. The van der Waals surface area contributed by atoms with Crippen molar-refractivity contribution in [3.63, 3.8) is 0 Å². The van der Waals surface area contributed by atoms with E-state index in [-0.39, 0.29) is 5.82 Å². The van der Waals surface area contributed by atoms with Gasteiger partial charge in [0.15, 0.2) is 5.17 Å². The highest BCUT2D eigenvalue weighted by Gasteiger charge is 2.19. The fraction of sp³-hybridized carbons (Fsp3) is 0.462. The van der Waals surface area contributed by atoms with Gasteiger partial charge in [-0.15, -0.1) is 0 Å². The number of hydrogen-bond acceptors (Lipinski definition) is 3. The van der Waals surface area contributed by atoms with E-state index in [9.17, 15) is 4.39 Å². The first-order chi connectivity index (χ1) is 8.56. The Morgan fingerprint density at radius 1 is 1.50 bits per heavy atom. The minimum Gasteiger partial charge on any atom is -0.334 e. The maximum Gasteiger partial charge on any atom is 0.161 e. The molecule has 0 amide bonds. The number of amidine groups is 1. The van der Waals surface area contributed by atoms with E-state index in [0.29, 0.717) is 22.7 Å². The summed E-state index contributed by atoms with van der Waals surface area (Å²) in [6.45, 7) is 4.33. The number of aliphatic imine (C=N–C) groups is 1. The number of rotatable bonds is 2. The molecule has 5 heteroatoms. The maximum absolute atomic E-state index is 13.2. The lowest BCUT2D eigenvalue weighted by Crippen LogP contribution is -2.24. The van der Waals surface area contributed by atoms with Crippen LogP contribution in [-0.4, -0.2) is 17.0 Å². The standard InChI is InChI=1S/C13H16ClFN2S/c1-8(2)11-5-6-18-13(16-11)17-12-7-9(15)3-4-10(12)14/h3-4,7-8,11H,5-6H2,1-2H3,(H,16,17). The molecule has 2 nitrogen and oxygen atoms in total. The van der Waals surface area contributed by atoms with Crippen molar-refractivity contribution in [3.05, 3.63) is 29.0 Å². The summed E-state index contributed by atoms with van der Waals surface area (Å²) >= 11 is 7.67. The maximum atomic E-state index is 13.2. The average molecular weight is 287 g/mol. The third-order valence-corrected chi connectivity index (χ3v) is 4.13. The summed E-state index contributed by atoms with van der Waals surface area (Å²) in [4.78, 5) is 4.63. The van der Waals surface area contributed by atoms with Crippen LogP contribution in [0.2, 0.25) is 5.02 Å². The summed E-state index contributed by atoms with van der Waals surface area (Å²) in [5.74, 6) is 1.25. The van der Waals surface area contributed by atoms with Crippen molar-refractivity contribution in [2.75, 3.05) is 11.1 Å². The van der Waals surface area contributed by atoms with Gasteiger partial charge in [-0.1, -0.05) is 37.2 Å². The zero-order valence-corrected chi connectivity index (χ0v) is 12.0. The molecule has 1 heterocycles. The first kappa shape index (κ1) is 13.7. The fourth-order valence-electron chi connectivity index (χ4n) is 1.79. The zero-order chi connectivity index (χ0) is 13.1. The third kappa shape index (κ3) is 3.39. The molecule has 1 aromatic carbocycles. The molecule has 1 aromatic rings. The molecule has 2 rings (SSSR count). The second kappa shape index (κ2) is 5.93. The lowest BCUT2D eigenvalue weighted by atomic mass is 10.0. The van der Waals surface area contributed by atoms with E-state index in [1.54, 1.807) is 17.8 Å². The molecule has 98 valence electrons. The van der Waals surface area contributed by atoms with Crippen molar-refractivity contribution in [2.45, 2.75) is 26.3 Å². The van der Waals surface area contributed by atoms with Crippen LogP contribution in [0.15, 0.2) is 23.2 Å². The summed E-state index contributed by atoms with van der Waals surface area (Å²) in [5.41, 5.74) is 0.576. The smallest absolute Gasteiger partial charge is 0.161 e. The van der Waals surface area contributed by atoms with Crippen LogP contribution >= 0.6 is 23.4 Å². The molecule has 0 aliphatic carbocycles. The minimum atomic E-state index is -0.302. The Hall–Kier alpha value is -0.740. The molecular formula is C13H16ClFN2S. The summed E-state index contributed by atoms with van der Waals surface area (Å²) < 4.78 is 13.2. The molecule has 0 saturated heterocycles. The predicted molar refractivity (Wildman–Crippen MR) is 78.2 cm³/mol. The van der Waals surface area contributed by atoms with Gasteiger partial charge in [-0.2, -0.15) is 0 Å². The van der Waals surface area contributed by atoms with Crippen molar-refractivity contribution in [1.82, 2.24) is 0 Å². The monoisotopic (exact) mass is 286 g/mol. The van der Waals surface area contributed by atoms with E-state index >= 15 is 0 Å². The van der Waals surface area contributed by atoms with Gasteiger partial charge in [0.25, 0.3) is 0 Å². The first-order valence-electron chi connectivity index (χ1n) is 5.99. The van der Waals surface area contributed by atoms with Crippen molar-refractivity contribution in [1.29, 1.82) is 0 Å². The summed E-state index contributed by atoms with van der Waals surface area (Å²) in [5, 5.41) is 4.45. The normalized spacial score (nSPS) is 19.8. The highest BCUT2D eigenvalue weighted by Crippen LogP contribution is 2.27. The van der Waals surface area contributed by atoms with Gasteiger partial charge in [0.1, 0.15) is 5.82 Å². The van der Waals surface area contributed by atoms with Crippen molar-refractivity contribution in [3.8, 4) is 0 Å². The van der Waals surface area contributed by atoms with Crippen LogP contribution in [0.3, 0.4) is 0 Å². The summed E-state index contributed by atoms with van der Waals surface area (Å²) in [6, 6.07) is 4.62. The quantitative estimate of drug-likeness (QED) is 0.871. The Balaban J connectivity index is 2.15. The number of hydrogen-bond donors (Lipinski definition) is 1. The number of halogens is 2. The van der Waals surface area contributed by atoms with E-state index in [4.69, 9.17) is 11.6 Å². The molecule has 0 aromatic heterocycles. The van der Waals surface area contributed by atoms with E-state index < -0.39 is 0 Å². The lowest BCUT2D eigenvalue weighted by molar-refractivity contribution is 0.485. The van der Waals surface area contributed by atoms with E-state index in [0.717, 1.165) is 17.3 Å². The van der Waals surface area contributed by atoms with Gasteiger partial charge in [-0.05, 0) is 30.5 Å². The highest BCUT2D eigenvalue weighted by molar-refractivity contribution is 8.14. The molecule has 0 saturated carbocycles. The molecule has 1 N–H and O–H groups in total. The number of anilines is 1. The Bertz CT molecular complexity index is 462. The van der Waals surface area contributed by atoms with Crippen LogP contribution in [0.5, 0.6) is 0 Å². The van der Waals surface area contributed by atoms with Gasteiger partial charge in [0.05, 0.1) is 16.8 Å². The molecular weight excluding hydrogens is 271 g/mol. The highest BCUT2D eigenvalue weighted by atomic mass is 35.5. The van der Waals surface area contributed by atoms with Crippen LogP contribution in [0.4, 0.5) is 10.1 Å². The number of thioether (sulfide) groups is 1. The molecule has 1 aliphatic rings. The first-order valence-corrected chi connectivity index (χ1v) is 7.35. The van der Waals surface area contributed by atoms with Crippen molar-refractivity contribution in [2.24, 2.45) is 10.9 Å². The van der Waals surface area contributed by atoms with Gasteiger partial charge in [-0.3, -0.25) is 4.99 Å². The van der Waals surface area contributed by atoms with Gasteiger partial charge >= 0.3 is 0 Å². The second-order valence-electron chi connectivity index (χ2n) is 4.63. The van der Waals surface area contributed by atoms with Gasteiger partial charge in [0.2, 0.25) is 0 Å². The molecule has 0 fully saturated rings.